The summed E-state index contributed by atoms with van der Waals surface area (Å²) in [7, 11) is -1.37. The topological polar surface area (TPSA) is 46.2 Å². The van der Waals surface area contributed by atoms with E-state index in [4.69, 9.17) is 11.6 Å². The molecule has 120 valence electrons. The van der Waals surface area contributed by atoms with E-state index in [1.165, 1.54) is 12.1 Å². The summed E-state index contributed by atoms with van der Waals surface area (Å²) in [5, 5.41) is 2.95. The third-order valence-electron chi connectivity index (χ3n) is 3.90. The Morgan fingerprint density at radius 1 is 1.26 bits per heavy atom. The molecule has 1 N–H and O–H groups in total. The van der Waals surface area contributed by atoms with Gasteiger partial charge in [-0.15, -0.1) is 0 Å². The first-order valence-electron chi connectivity index (χ1n) is 7.25. The lowest BCUT2D eigenvalue weighted by atomic mass is 10.1. The zero-order valence-electron chi connectivity index (χ0n) is 12.2. The van der Waals surface area contributed by atoms with Crippen LogP contribution in [0.25, 0.3) is 0 Å². The minimum absolute atomic E-state index is 0.101. The minimum atomic E-state index is -1.37. The van der Waals surface area contributed by atoms with Crippen molar-refractivity contribution in [1.29, 1.82) is 0 Å². The Morgan fingerprint density at radius 2 is 2.04 bits per heavy atom. The van der Waals surface area contributed by atoms with Crippen molar-refractivity contribution in [3.05, 3.63) is 64.4 Å². The Bertz CT molecular complexity index is 781. The molecule has 0 unspecified atom stereocenters. The number of fused-ring (bicyclic) bond motifs is 1. The van der Waals surface area contributed by atoms with Crippen LogP contribution in [-0.2, 0) is 22.0 Å². The molecule has 2 aromatic carbocycles. The number of anilines is 1. The molecule has 0 spiro atoms. The molecule has 2 atom stereocenters. The summed E-state index contributed by atoms with van der Waals surface area (Å²) in [6.45, 7) is 0. The summed E-state index contributed by atoms with van der Waals surface area (Å²) in [4.78, 5) is 12.0. The van der Waals surface area contributed by atoms with Crippen molar-refractivity contribution >= 4 is 34.0 Å². The van der Waals surface area contributed by atoms with Crippen LogP contribution >= 0.6 is 11.6 Å². The molecule has 3 rings (SSSR count). The lowest BCUT2D eigenvalue weighted by Crippen LogP contribution is -2.22. The number of hydrogen-bond donors (Lipinski definition) is 1. The molecular weight excluding hydrogens is 337 g/mol. The molecule has 2 aromatic rings. The number of carbonyl (C=O) groups is 1. The number of benzene rings is 2. The van der Waals surface area contributed by atoms with E-state index < -0.39 is 22.5 Å². The van der Waals surface area contributed by atoms with Crippen molar-refractivity contribution in [1.82, 2.24) is 0 Å². The van der Waals surface area contributed by atoms with Crippen LogP contribution < -0.4 is 5.32 Å². The Morgan fingerprint density at radius 3 is 2.83 bits per heavy atom. The molecule has 0 heterocycles. The maximum Gasteiger partial charge on any atom is 0.237 e. The molecule has 0 fully saturated rings. The monoisotopic (exact) mass is 351 g/mol. The fourth-order valence-electron chi connectivity index (χ4n) is 2.82. The molecule has 0 aromatic heterocycles. The molecule has 0 bridgehead atoms. The molecule has 0 saturated heterocycles. The quantitative estimate of drug-likeness (QED) is 0.909. The van der Waals surface area contributed by atoms with Gasteiger partial charge in [0.2, 0.25) is 5.91 Å². The van der Waals surface area contributed by atoms with Gasteiger partial charge in [0.1, 0.15) is 11.6 Å². The van der Waals surface area contributed by atoms with Gasteiger partial charge in [0.25, 0.3) is 0 Å². The maximum atomic E-state index is 13.5. The first kappa shape index (κ1) is 16.1. The second-order valence-corrected chi connectivity index (χ2v) is 7.41. The number of para-hydroxylation sites is 1. The summed E-state index contributed by atoms with van der Waals surface area (Å²) in [5.41, 5.74) is 2.07. The predicted octanol–water partition coefficient (Wildman–Crippen LogP) is 3.85. The van der Waals surface area contributed by atoms with Crippen LogP contribution in [0.15, 0.2) is 42.5 Å². The Kier molecular flexibility index (Phi) is 4.78. The summed E-state index contributed by atoms with van der Waals surface area (Å²) < 4.78 is 26.0. The van der Waals surface area contributed by atoms with Crippen molar-refractivity contribution in [3.63, 3.8) is 0 Å². The van der Waals surface area contributed by atoms with Gasteiger partial charge in [0.15, 0.2) is 0 Å². The first-order valence-corrected chi connectivity index (χ1v) is 9.01. The van der Waals surface area contributed by atoms with E-state index in [2.05, 4.69) is 5.32 Å². The molecule has 3 nitrogen and oxygen atoms in total. The smallest absolute Gasteiger partial charge is 0.237 e. The van der Waals surface area contributed by atoms with E-state index in [-0.39, 0.29) is 16.7 Å². The van der Waals surface area contributed by atoms with E-state index in [0.29, 0.717) is 11.4 Å². The van der Waals surface area contributed by atoms with Gasteiger partial charge in [-0.1, -0.05) is 35.9 Å². The first-order chi connectivity index (χ1) is 11.1. The van der Waals surface area contributed by atoms with Crippen LogP contribution in [0.2, 0.25) is 5.02 Å². The van der Waals surface area contributed by atoms with E-state index >= 15 is 0 Å². The summed E-state index contributed by atoms with van der Waals surface area (Å²) in [5.74, 6) is -1.13. The highest BCUT2D eigenvalue weighted by molar-refractivity contribution is 7.86. The fourth-order valence-corrected chi connectivity index (χ4v) is 4.52. The number of carbonyl (C=O) groups excluding carboxylic acids is 1. The maximum absolute atomic E-state index is 13.5. The molecule has 0 aliphatic heterocycles. The number of halogens is 2. The second-order valence-electron chi connectivity index (χ2n) is 5.39. The van der Waals surface area contributed by atoms with Gasteiger partial charge in [-0.25, -0.2) is 4.39 Å². The van der Waals surface area contributed by atoms with Crippen LogP contribution in [0.5, 0.6) is 0 Å². The van der Waals surface area contributed by atoms with Crippen LogP contribution in [0.1, 0.15) is 22.8 Å². The van der Waals surface area contributed by atoms with E-state index in [1.54, 1.807) is 12.1 Å². The van der Waals surface area contributed by atoms with E-state index in [9.17, 15) is 13.4 Å². The average Bonchev–Trinajstić information content (AvgIpc) is 2.95. The van der Waals surface area contributed by atoms with E-state index in [0.717, 1.165) is 17.5 Å². The highest BCUT2D eigenvalue weighted by Crippen LogP contribution is 2.39. The van der Waals surface area contributed by atoms with Crippen molar-refractivity contribution in [3.8, 4) is 0 Å². The molecular formula is C17H15ClFNO2S. The van der Waals surface area contributed by atoms with Crippen LogP contribution in [0.4, 0.5) is 10.1 Å². The highest BCUT2D eigenvalue weighted by Gasteiger charge is 2.29. The summed E-state index contributed by atoms with van der Waals surface area (Å²) >= 11 is 6.15. The minimum Gasteiger partial charge on any atom is -0.323 e. The molecule has 1 amide bonds. The second kappa shape index (κ2) is 6.81. The zero-order chi connectivity index (χ0) is 16.4. The Hall–Kier alpha value is -1.72. The molecule has 6 heteroatoms. The van der Waals surface area contributed by atoms with Crippen LogP contribution in [0.3, 0.4) is 0 Å². The normalized spacial score (nSPS) is 17.6. The van der Waals surface area contributed by atoms with Gasteiger partial charge in [-0.05, 0) is 42.2 Å². The lowest BCUT2D eigenvalue weighted by molar-refractivity contribution is -0.113. The third-order valence-corrected chi connectivity index (χ3v) is 5.92. The number of hydrogen-bond acceptors (Lipinski definition) is 2. The number of amides is 1. The van der Waals surface area contributed by atoms with Crippen LogP contribution in [-0.4, -0.2) is 15.9 Å². The predicted molar refractivity (Wildman–Crippen MR) is 90.6 cm³/mol. The number of nitrogens with one attached hydrogen (secondary N) is 1. The largest absolute Gasteiger partial charge is 0.323 e. The molecule has 0 saturated carbocycles. The van der Waals surface area contributed by atoms with Gasteiger partial charge in [0.05, 0.1) is 10.9 Å². The van der Waals surface area contributed by atoms with Gasteiger partial charge >= 0.3 is 0 Å². The lowest BCUT2D eigenvalue weighted by Gasteiger charge is -2.12. The van der Waals surface area contributed by atoms with Crippen LogP contribution in [0, 0.1) is 5.82 Å². The van der Waals surface area contributed by atoms with Gasteiger partial charge in [-0.2, -0.15) is 0 Å². The molecule has 1 aliphatic rings. The van der Waals surface area contributed by atoms with Crippen molar-refractivity contribution in [2.24, 2.45) is 0 Å². The molecule has 23 heavy (non-hydrogen) atoms. The third kappa shape index (κ3) is 3.46. The standard InChI is InChI=1S/C17H15ClFNO2S/c18-13-5-3-4-12-11(13)8-9-16(12)23(22)10-17(21)20-15-7-2-1-6-14(15)19/h1-7,16H,8-10H2,(H,20,21)/t16-,23+/m1/s1. The Labute approximate surface area is 141 Å². The SMILES string of the molecule is O=C(C[S@](=O)[C@@H]1CCc2c(Cl)cccc21)Nc1ccccc1F. The average molecular weight is 352 g/mol. The summed E-state index contributed by atoms with van der Waals surface area (Å²) in [6, 6.07) is 11.5. The van der Waals surface area contributed by atoms with Crippen molar-refractivity contribution < 1.29 is 13.4 Å². The van der Waals surface area contributed by atoms with Gasteiger partial charge < -0.3 is 5.32 Å². The summed E-state index contributed by atoms with van der Waals surface area (Å²) in [6.07, 6.45) is 1.47. The van der Waals surface area contributed by atoms with Gasteiger partial charge in [-0.3, -0.25) is 9.00 Å². The van der Waals surface area contributed by atoms with Gasteiger partial charge in [0, 0.05) is 15.8 Å². The Balaban J connectivity index is 1.68. The van der Waals surface area contributed by atoms with E-state index in [1.807, 2.05) is 18.2 Å². The zero-order valence-corrected chi connectivity index (χ0v) is 13.8. The van der Waals surface area contributed by atoms with Crippen molar-refractivity contribution in [2.45, 2.75) is 18.1 Å². The van der Waals surface area contributed by atoms with Crippen molar-refractivity contribution in [2.75, 3.05) is 11.1 Å². The fraction of sp³-hybridized carbons (Fsp3) is 0.235. The molecule has 0 radical (unpaired) electrons. The number of rotatable bonds is 4. The molecule has 1 aliphatic carbocycles. The highest BCUT2D eigenvalue weighted by atomic mass is 35.5.